The van der Waals surface area contributed by atoms with Gasteiger partial charge >= 0.3 is 12.3 Å². The van der Waals surface area contributed by atoms with Gasteiger partial charge in [-0.15, -0.1) is 10.2 Å². The molecule has 0 unspecified atom stereocenters. The van der Waals surface area contributed by atoms with Gasteiger partial charge < -0.3 is 14.2 Å². The van der Waals surface area contributed by atoms with Gasteiger partial charge in [0.05, 0.1) is 36.9 Å². The van der Waals surface area contributed by atoms with Gasteiger partial charge in [0.2, 0.25) is 0 Å². The van der Waals surface area contributed by atoms with Crippen molar-refractivity contribution in [1.29, 1.82) is 0 Å². The molecule has 13 heteroatoms. The number of amides is 1. The van der Waals surface area contributed by atoms with Crippen molar-refractivity contribution >= 4 is 17.6 Å². The van der Waals surface area contributed by atoms with Crippen LogP contribution in [0.3, 0.4) is 0 Å². The molecule has 1 amide bonds. The summed E-state index contributed by atoms with van der Waals surface area (Å²) in [6.45, 7) is 5.22. The standard InChI is InChI=1S/C27H23F4N5O4/c1-26(2,3)40-25(37)35-10-17-18(28)5-7-20-22(17)14(11-38-20)12-39-21-8-16(23-34-33-13-36(23)24(21)35)19-6-4-15(9-32-19)27(29,30)31/h4-9,13-14H,10-12H2,1-3H3/t14-/m1/s1. The first-order valence-corrected chi connectivity index (χ1v) is 12.4. The number of halogens is 4. The lowest BCUT2D eigenvalue weighted by atomic mass is 9.95. The van der Waals surface area contributed by atoms with E-state index < -0.39 is 29.3 Å². The molecule has 5 heterocycles. The maximum Gasteiger partial charge on any atom is 0.417 e. The number of carbonyl (C=O) groups is 1. The van der Waals surface area contributed by atoms with Crippen LogP contribution in [0.25, 0.3) is 16.9 Å². The van der Waals surface area contributed by atoms with Gasteiger partial charge in [-0.1, -0.05) is 0 Å². The number of rotatable bonds is 1. The van der Waals surface area contributed by atoms with Gasteiger partial charge in [-0.05, 0) is 51.1 Å². The average Bonchev–Trinajstić information content (AvgIpc) is 3.53. The first kappa shape index (κ1) is 25.8. The third-order valence-corrected chi connectivity index (χ3v) is 6.61. The van der Waals surface area contributed by atoms with Gasteiger partial charge in [-0.2, -0.15) is 13.2 Å². The van der Waals surface area contributed by atoms with Crippen LogP contribution in [0.4, 0.5) is 28.2 Å². The molecule has 0 spiro atoms. The van der Waals surface area contributed by atoms with Crippen molar-refractivity contribution in [1.82, 2.24) is 19.6 Å². The number of ether oxygens (including phenoxy) is 3. The molecule has 2 aliphatic heterocycles. The lowest BCUT2D eigenvalue weighted by Crippen LogP contribution is -2.38. The summed E-state index contributed by atoms with van der Waals surface area (Å²) in [5.74, 6) is -0.00302. The van der Waals surface area contributed by atoms with E-state index >= 15 is 4.39 Å². The second kappa shape index (κ2) is 9.07. The summed E-state index contributed by atoms with van der Waals surface area (Å²) < 4.78 is 73.9. The molecule has 0 radical (unpaired) electrons. The number of carbonyl (C=O) groups excluding carboxylic acids is 1. The topological polar surface area (TPSA) is 91.1 Å². The Kier molecular flexibility index (Phi) is 5.86. The number of hydrogen-bond donors (Lipinski definition) is 0. The lowest BCUT2D eigenvalue weighted by Gasteiger charge is -2.29. The van der Waals surface area contributed by atoms with Crippen LogP contribution in [0.15, 0.2) is 42.9 Å². The van der Waals surface area contributed by atoms with Crippen LogP contribution in [-0.2, 0) is 17.5 Å². The van der Waals surface area contributed by atoms with E-state index in [0.29, 0.717) is 16.9 Å². The van der Waals surface area contributed by atoms with Crippen LogP contribution in [0.1, 0.15) is 43.4 Å². The molecule has 1 atom stereocenters. The normalized spacial score (nSPS) is 16.8. The van der Waals surface area contributed by atoms with Gasteiger partial charge in [0, 0.05) is 22.9 Å². The van der Waals surface area contributed by atoms with Gasteiger partial charge in [-0.25, -0.2) is 9.18 Å². The second-order valence-electron chi connectivity index (χ2n) is 10.5. The molecule has 4 aromatic rings. The summed E-state index contributed by atoms with van der Waals surface area (Å²) in [6.07, 6.45) is -3.26. The van der Waals surface area contributed by atoms with Gasteiger partial charge in [-0.3, -0.25) is 14.3 Å². The van der Waals surface area contributed by atoms with E-state index in [9.17, 15) is 18.0 Å². The number of pyridine rings is 2. The molecular formula is C27H23F4N5O4. The summed E-state index contributed by atoms with van der Waals surface area (Å²) >= 11 is 0. The van der Waals surface area contributed by atoms with Gasteiger partial charge in [0.1, 0.15) is 23.5 Å². The molecule has 0 saturated heterocycles. The Morgan fingerprint density at radius 2 is 1.82 bits per heavy atom. The molecule has 0 fully saturated rings. The Morgan fingerprint density at radius 3 is 2.50 bits per heavy atom. The maximum absolute atomic E-state index is 15.3. The molecule has 208 valence electrons. The van der Waals surface area contributed by atoms with E-state index in [-0.39, 0.29) is 54.1 Å². The minimum atomic E-state index is -4.55. The Labute approximate surface area is 225 Å². The molecule has 0 bridgehead atoms. The molecule has 0 aliphatic carbocycles. The molecule has 3 aromatic heterocycles. The molecule has 2 aliphatic rings. The second-order valence-corrected chi connectivity index (χ2v) is 10.5. The highest BCUT2D eigenvalue weighted by molar-refractivity contribution is 5.91. The van der Waals surface area contributed by atoms with E-state index in [1.807, 2.05) is 0 Å². The molecule has 6 rings (SSSR count). The van der Waals surface area contributed by atoms with Crippen molar-refractivity contribution in [3.05, 3.63) is 65.4 Å². The van der Waals surface area contributed by atoms with Crippen molar-refractivity contribution in [2.24, 2.45) is 0 Å². The highest BCUT2D eigenvalue weighted by Gasteiger charge is 2.37. The SMILES string of the molecule is CC(C)(C)OC(=O)N1Cc2c(F)ccc3c2[C@H](CO3)COc2cc(-c3ccc(C(F)(F)F)cn3)c3nncn3c21. The summed E-state index contributed by atoms with van der Waals surface area (Å²) in [7, 11) is 0. The fourth-order valence-corrected chi connectivity index (χ4v) is 4.88. The molecule has 0 saturated carbocycles. The van der Waals surface area contributed by atoms with Gasteiger partial charge in [0.15, 0.2) is 17.2 Å². The van der Waals surface area contributed by atoms with Crippen LogP contribution < -0.4 is 14.4 Å². The lowest BCUT2D eigenvalue weighted by molar-refractivity contribution is -0.137. The number of nitrogens with zero attached hydrogens (tertiary/aromatic N) is 5. The zero-order valence-corrected chi connectivity index (χ0v) is 21.6. The molecular weight excluding hydrogens is 534 g/mol. The minimum Gasteiger partial charge on any atom is -0.493 e. The Balaban J connectivity index is 1.56. The Hall–Kier alpha value is -4.42. The summed E-state index contributed by atoms with van der Waals surface area (Å²) in [5.41, 5.74) is -0.217. The maximum atomic E-state index is 15.3. The van der Waals surface area contributed by atoms with Crippen LogP contribution in [0, 0.1) is 5.82 Å². The number of aromatic nitrogens is 4. The van der Waals surface area contributed by atoms with Gasteiger partial charge in [0.25, 0.3) is 0 Å². The number of benzene rings is 1. The largest absolute Gasteiger partial charge is 0.493 e. The molecule has 40 heavy (non-hydrogen) atoms. The van der Waals surface area contributed by atoms with E-state index in [1.54, 1.807) is 26.8 Å². The van der Waals surface area contributed by atoms with E-state index in [2.05, 4.69) is 15.2 Å². The fourth-order valence-electron chi connectivity index (χ4n) is 4.88. The monoisotopic (exact) mass is 557 g/mol. The third-order valence-electron chi connectivity index (χ3n) is 6.61. The zero-order chi connectivity index (χ0) is 28.4. The summed E-state index contributed by atoms with van der Waals surface area (Å²) in [4.78, 5) is 18.9. The van der Waals surface area contributed by atoms with Crippen LogP contribution in [-0.4, -0.2) is 44.5 Å². The molecule has 0 N–H and O–H groups in total. The van der Waals surface area contributed by atoms with E-state index in [1.165, 1.54) is 33.8 Å². The number of hydrogen-bond acceptors (Lipinski definition) is 7. The first-order chi connectivity index (χ1) is 18.9. The highest BCUT2D eigenvalue weighted by atomic mass is 19.4. The van der Waals surface area contributed by atoms with Crippen molar-refractivity contribution in [2.75, 3.05) is 18.1 Å². The quantitative estimate of drug-likeness (QED) is 0.275. The third kappa shape index (κ3) is 4.44. The predicted molar refractivity (Wildman–Crippen MR) is 134 cm³/mol. The molecule has 9 nitrogen and oxygen atoms in total. The highest BCUT2D eigenvalue weighted by Crippen LogP contribution is 2.44. The number of fused-ring (bicyclic) bond motifs is 3. The zero-order valence-electron chi connectivity index (χ0n) is 21.6. The summed E-state index contributed by atoms with van der Waals surface area (Å²) in [6, 6.07) is 6.51. The van der Waals surface area contributed by atoms with Crippen molar-refractivity contribution in [2.45, 2.75) is 45.0 Å². The van der Waals surface area contributed by atoms with E-state index in [0.717, 1.165) is 12.3 Å². The Morgan fingerprint density at radius 1 is 1.07 bits per heavy atom. The van der Waals surface area contributed by atoms with Crippen LogP contribution >= 0.6 is 0 Å². The predicted octanol–water partition coefficient (Wildman–Crippen LogP) is 5.76. The average molecular weight is 558 g/mol. The van der Waals surface area contributed by atoms with Crippen LogP contribution in [0.2, 0.25) is 0 Å². The summed E-state index contributed by atoms with van der Waals surface area (Å²) in [5, 5.41) is 8.12. The van der Waals surface area contributed by atoms with Crippen molar-refractivity contribution < 1.29 is 36.6 Å². The van der Waals surface area contributed by atoms with Crippen LogP contribution in [0.5, 0.6) is 11.5 Å². The van der Waals surface area contributed by atoms with E-state index in [4.69, 9.17) is 14.2 Å². The number of anilines is 1. The molecule has 1 aromatic carbocycles. The Bertz CT molecular complexity index is 1630. The first-order valence-electron chi connectivity index (χ1n) is 12.4. The number of alkyl halides is 3. The minimum absolute atomic E-state index is 0.0755. The van der Waals surface area contributed by atoms with Crippen molar-refractivity contribution in [3.63, 3.8) is 0 Å². The smallest absolute Gasteiger partial charge is 0.417 e. The fraction of sp³-hybridized carbons (Fsp3) is 0.333. The van der Waals surface area contributed by atoms with Crippen molar-refractivity contribution in [3.8, 4) is 22.8 Å².